The zero-order valence-corrected chi connectivity index (χ0v) is 20.2. The van der Waals surface area contributed by atoms with E-state index in [1.54, 1.807) is 49.6 Å². The Labute approximate surface area is 202 Å². The van der Waals surface area contributed by atoms with Gasteiger partial charge in [0.15, 0.2) is 11.5 Å². The molecular weight excluding hydrogens is 460 g/mol. The molecule has 0 aliphatic carbocycles. The highest BCUT2D eigenvalue weighted by atomic mass is 32.2. The number of nitrogens with zero attached hydrogens (tertiary/aromatic N) is 1. The van der Waals surface area contributed by atoms with Crippen molar-refractivity contribution in [2.24, 2.45) is 0 Å². The number of rotatable bonds is 10. The second kappa shape index (κ2) is 11.5. The molecule has 1 aliphatic rings. The number of nitrogens with one attached hydrogen (secondary N) is 1. The van der Waals surface area contributed by atoms with E-state index in [2.05, 4.69) is 5.32 Å². The van der Waals surface area contributed by atoms with Gasteiger partial charge in [0.25, 0.3) is 11.1 Å². The van der Waals surface area contributed by atoms with E-state index < -0.39 is 0 Å². The molecule has 1 fully saturated rings. The number of ether oxygens (including phenoxy) is 4. The largest absolute Gasteiger partial charge is 0.497 e. The standard InChI is InChI=1S/C24H26N2O7S/c1-30-17-7-5-15(6-8-17)13-20-23(28)26(24(29)34-20)10-9-25-21(27)14-16-11-18(31-2)22(33-4)19(12-16)32-3/h5-8,11-13H,9-10,14H2,1-4H3,(H,25,27). The van der Waals surface area contributed by atoms with Gasteiger partial charge in [-0.1, -0.05) is 12.1 Å². The Morgan fingerprint density at radius 3 is 2.18 bits per heavy atom. The Morgan fingerprint density at radius 2 is 1.62 bits per heavy atom. The lowest BCUT2D eigenvalue weighted by Gasteiger charge is -2.15. The van der Waals surface area contributed by atoms with Crippen LogP contribution in [0.1, 0.15) is 11.1 Å². The highest BCUT2D eigenvalue weighted by Crippen LogP contribution is 2.38. The summed E-state index contributed by atoms with van der Waals surface area (Å²) in [6.07, 6.45) is 1.73. The first-order valence-electron chi connectivity index (χ1n) is 10.3. The fraction of sp³-hybridized carbons (Fsp3) is 0.292. The summed E-state index contributed by atoms with van der Waals surface area (Å²) in [6, 6.07) is 10.5. The van der Waals surface area contributed by atoms with Gasteiger partial charge in [0.1, 0.15) is 5.75 Å². The van der Waals surface area contributed by atoms with Gasteiger partial charge in [-0.15, -0.1) is 0 Å². The fourth-order valence-electron chi connectivity index (χ4n) is 3.34. The van der Waals surface area contributed by atoms with Crippen LogP contribution in [0.4, 0.5) is 4.79 Å². The first-order chi connectivity index (χ1) is 16.4. The first kappa shape index (κ1) is 25.0. The second-order valence-corrected chi connectivity index (χ2v) is 8.16. The average molecular weight is 487 g/mol. The second-order valence-electron chi connectivity index (χ2n) is 7.17. The molecule has 0 radical (unpaired) electrons. The van der Waals surface area contributed by atoms with Crippen molar-refractivity contribution >= 4 is 34.9 Å². The summed E-state index contributed by atoms with van der Waals surface area (Å²) in [6.45, 7) is 0.211. The van der Waals surface area contributed by atoms with Crippen molar-refractivity contribution < 1.29 is 33.3 Å². The van der Waals surface area contributed by atoms with E-state index in [1.165, 1.54) is 21.3 Å². The number of hydrogen-bond donors (Lipinski definition) is 1. The zero-order valence-electron chi connectivity index (χ0n) is 19.4. The summed E-state index contributed by atoms with van der Waals surface area (Å²) in [5.74, 6) is 1.39. The van der Waals surface area contributed by atoms with Gasteiger partial charge in [0.05, 0.1) is 39.8 Å². The average Bonchev–Trinajstić information content (AvgIpc) is 3.11. The van der Waals surface area contributed by atoms with Gasteiger partial charge < -0.3 is 24.3 Å². The SMILES string of the molecule is COc1ccc(C=C2SC(=O)N(CCNC(=O)Cc3cc(OC)c(OC)c(OC)c3)C2=O)cc1. The lowest BCUT2D eigenvalue weighted by Crippen LogP contribution is -2.37. The summed E-state index contributed by atoms with van der Waals surface area (Å²) >= 11 is 0.875. The molecule has 2 aromatic rings. The summed E-state index contributed by atoms with van der Waals surface area (Å²) in [5.41, 5.74) is 1.45. The van der Waals surface area contributed by atoms with Crippen molar-refractivity contribution in [2.45, 2.75) is 6.42 Å². The van der Waals surface area contributed by atoms with E-state index in [0.717, 1.165) is 22.2 Å². The van der Waals surface area contributed by atoms with Gasteiger partial charge in [-0.3, -0.25) is 19.3 Å². The molecule has 3 rings (SSSR count). The van der Waals surface area contributed by atoms with E-state index in [1.807, 2.05) is 0 Å². The van der Waals surface area contributed by atoms with Crippen molar-refractivity contribution in [3.8, 4) is 23.0 Å². The predicted octanol–water partition coefficient (Wildman–Crippen LogP) is 3.12. The Hall–Kier alpha value is -3.66. The minimum absolute atomic E-state index is 0.0655. The van der Waals surface area contributed by atoms with Crippen LogP contribution in [0, 0.1) is 0 Å². The van der Waals surface area contributed by atoms with Crippen molar-refractivity contribution in [1.29, 1.82) is 0 Å². The van der Waals surface area contributed by atoms with Crippen LogP contribution in [-0.2, 0) is 16.0 Å². The third-order valence-corrected chi connectivity index (χ3v) is 5.94. The van der Waals surface area contributed by atoms with Crippen LogP contribution in [0.5, 0.6) is 23.0 Å². The predicted molar refractivity (Wildman–Crippen MR) is 128 cm³/mol. The van der Waals surface area contributed by atoms with Crippen molar-refractivity contribution in [3.63, 3.8) is 0 Å². The maximum atomic E-state index is 12.7. The number of amides is 3. The molecule has 1 saturated heterocycles. The molecule has 180 valence electrons. The lowest BCUT2D eigenvalue weighted by molar-refractivity contribution is -0.124. The molecule has 3 amide bonds. The highest BCUT2D eigenvalue weighted by molar-refractivity contribution is 8.18. The van der Waals surface area contributed by atoms with E-state index in [0.29, 0.717) is 33.5 Å². The molecular formula is C24H26N2O7S. The van der Waals surface area contributed by atoms with Crippen LogP contribution in [0.2, 0.25) is 0 Å². The molecule has 2 aromatic carbocycles. The summed E-state index contributed by atoms with van der Waals surface area (Å²) in [7, 11) is 6.08. The fourth-order valence-corrected chi connectivity index (χ4v) is 4.20. The first-order valence-corrected chi connectivity index (χ1v) is 11.2. The number of methoxy groups -OCH3 is 4. The number of imide groups is 1. The number of hydrogen-bond acceptors (Lipinski definition) is 8. The van der Waals surface area contributed by atoms with Crippen LogP contribution >= 0.6 is 11.8 Å². The summed E-state index contributed by atoms with van der Waals surface area (Å²) in [4.78, 5) is 38.8. The third kappa shape index (κ3) is 5.82. The minimum atomic E-state index is -0.385. The van der Waals surface area contributed by atoms with Crippen LogP contribution in [0.3, 0.4) is 0 Å². The maximum absolute atomic E-state index is 12.7. The van der Waals surface area contributed by atoms with Crippen molar-refractivity contribution in [3.05, 3.63) is 52.4 Å². The van der Waals surface area contributed by atoms with Gasteiger partial charge in [0.2, 0.25) is 11.7 Å². The third-order valence-electron chi connectivity index (χ3n) is 5.03. The Bertz CT molecular complexity index is 1070. The summed E-state index contributed by atoms with van der Waals surface area (Å²) in [5, 5.41) is 2.37. The Balaban J connectivity index is 1.56. The number of benzene rings is 2. The normalized spacial score (nSPS) is 14.4. The zero-order chi connectivity index (χ0) is 24.7. The topological polar surface area (TPSA) is 103 Å². The van der Waals surface area contributed by atoms with Gasteiger partial charge >= 0.3 is 0 Å². The molecule has 1 heterocycles. The van der Waals surface area contributed by atoms with Gasteiger partial charge in [-0.2, -0.15) is 0 Å². The molecule has 34 heavy (non-hydrogen) atoms. The minimum Gasteiger partial charge on any atom is -0.497 e. The quantitative estimate of drug-likeness (QED) is 0.511. The van der Waals surface area contributed by atoms with Crippen LogP contribution < -0.4 is 24.3 Å². The van der Waals surface area contributed by atoms with E-state index in [-0.39, 0.29) is 36.6 Å². The molecule has 9 nitrogen and oxygen atoms in total. The number of thioether (sulfide) groups is 1. The molecule has 1 aliphatic heterocycles. The lowest BCUT2D eigenvalue weighted by atomic mass is 10.1. The molecule has 0 aromatic heterocycles. The number of carbonyl (C=O) groups is 3. The van der Waals surface area contributed by atoms with Gasteiger partial charge in [0, 0.05) is 13.1 Å². The molecule has 0 spiro atoms. The van der Waals surface area contributed by atoms with Crippen LogP contribution in [0.15, 0.2) is 41.3 Å². The van der Waals surface area contributed by atoms with Gasteiger partial charge in [-0.25, -0.2) is 0 Å². The van der Waals surface area contributed by atoms with E-state index in [4.69, 9.17) is 18.9 Å². The highest BCUT2D eigenvalue weighted by Gasteiger charge is 2.34. The van der Waals surface area contributed by atoms with Gasteiger partial charge in [-0.05, 0) is 53.2 Å². The monoisotopic (exact) mass is 486 g/mol. The maximum Gasteiger partial charge on any atom is 0.293 e. The molecule has 0 bridgehead atoms. The smallest absolute Gasteiger partial charge is 0.293 e. The van der Waals surface area contributed by atoms with Crippen molar-refractivity contribution in [1.82, 2.24) is 10.2 Å². The van der Waals surface area contributed by atoms with Crippen molar-refractivity contribution in [2.75, 3.05) is 41.5 Å². The molecule has 0 atom stereocenters. The van der Waals surface area contributed by atoms with Crippen LogP contribution in [0.25, 0.3) is 6.08 Å². The molecule has 0 saturated carbocycles. The molecule has 10 heteroatoms. The number of carbonyl (C=O) groups excluding carboxylic acids is 3. The van der Waals surface area contributed by atoms with E-state index >= 15 is 0 Å². The Morgan fingerprint density at radius 1 is 0.971 bits per heavy atom. The molecule has 1 N–H and O–H groups in total. The van der Waals surface area contributed by atoms with Crippen LogP contribution in [-0.4, -0.2) is 63.5 Å². The molecule has 0 unspecified atom stereocenters. The van der Waals surface area contributed by atoms with E-state index in [9.17, 15) is 14.4 Å². The Kier molecular flexibility index (Phi) is 8.42. The summed E-state index contributed by atoms with van der Waals surface area (Å²) < 4.78 is 21.0.